The molecule has 0 saturated carbocycles. The number of anilines is 2. The minimum absolute atomic E-state index is 0.0246. The van der Waals surface area contributed by atoms with Crippen molar-refractivity contribution in [2.45, 2.75) is 32.7 Å². The zero-order chi connectivity index (χ0) is 19.6. The lowest BCUT2D eigenvalue weighted by Crippen LogP contribution is -2.40. The van der Waals surface area contributed by atoms with Crippen molar-refractivity contribution >= 4 is 23.1 Å². The van der Waals surface area contributed by atoms with Crippen LogP contribution in [0, 0.1) is 24.0 Å². The van der Waals surface area contributed by atoms with Gasteiger partial charge in [0.25, 0.3) is 5.69 Å². The minimum atomic E-state index is -0.454. The normalized spacial score (nSPS) is 16.3. The third-order valence-corrected chi connectivity index (χ3v) is 4.73. The molecular formula is C19H22N4O4. The van der Waals surface area contributed by atoms with Gasteiger partial charge in [-0.25, -0.2) is 4.98 Å². The number of ether oxygens (including phenoxy) is 1. The van der Waals surface area contributed by atoms with Crippen LogP contribution in [0.15, 0.2) is 30.5 Å². The molecule has 1 N–H and O–H groups in total. The first-order chi connectivity index (χ1) is 12.9. The van der Waals surface area contributed by atoms with Crippen molar-refractivity contribution in [3.8, 4) is 5.75 Å². The quantitative estimate of drug-likeness (QED) is 0.641. The highest BCUT2D eigenvalue weighted by atomic mass is 16.6. The number of aryl methyl sites for hydroxylation is 2. The Labute approximate surface area is 157 Å². The Kier molecular flexibility index (Phi) is 5.25. The van der Waals surface area contributed by atoms with Crippen LogP contribution in [0.5, 0.6) is 5.75 Å². The topological polar surface area (TPSA) is 97.6 Å². The largest absolute Gasteiger partial charge is 0.495 e. The number of amides is 1. The van der Waals surface area contributed by atoms with E-state index in [1.165, 1.54) is 6.20 Å². The molecule has 2 aromatic rings. The van der Waals surface area contributed by atoms with Gasteiger partial charge in [-0.2, -0.15) is 0 Å². The summed E-state index contributed by atoms with van der Waals surface area (Å²) in [6, 6.07) is 6.88. The summed E-state index contributed by atoms with van der Waals surface area (Å²) >= 11 is 0. The molecule has 8 heteroatoms. The number of hydrogen-bond donors (Lipinski definition) is 1. The Balaban J connectivity index is 1.82. The molecule has 0 bridgehead atoms. The standard InChI is InChI=1S/C19H22N4O4/c1-12-6-7-17(27-3)14(9-12)21-19(24)15-5-4-8-22(15)18-10-13(2)16(11-20-18)23(25)26/h6-7,9-11,15H,4-5,8H2,1-3H3,(H,21,24). The van der Waals surface area contributed by atoms with Gasteiger partial charge in [-0.1, -0.05) is 6.07 Å². The SMILES string of the molecule is COc1ccc(C)cc1NC(=O)C1CCCN1c1cc(C)c([N+](=O)[O-])cn1. The van der Waals surface area contributed by atoms with E-state index in [-0.39, 0.29) is 17.6 Å². The van der Waals surface area contributed by atoms with Gasteiger partial charge in [0.1, 0.15) is 23.8 Å². The molecule has 1 saturated heterocycles. The molecule has 1 amide bonds. The van der Waals surface area contributed by atoms with Gasteiger partial charge in [-0.05, 0) is 50.5 Å². The summed E-state index contributed by atoms with van der Waals surface area (Å²) in [4.78, 5) is 29.5. The van der Waals surface area contributed by atoms with Gasteiger partial charge in [0.05, 0.1) is 17.7 Å². The number of hydrogen-bond acceptors (Lipinski definition) is 6. The van der Waals surface area contributed by atoms with Gasteiger partial charge in [-0.3, -0.25) is 14.9 Å². The highest BCUT2D eigenvalue weighted by Crippen LogP contribution is 2.30. The van der Waals surface area contributed by atoms with Gasteiger partial charge in [0, 0.05) is 12.1 Å². The van der Waals surface area contributed by atoms with Crippen LogP contribution in [0.25, 0.3) is 0 Å². The van der Waals surface area contributed by atoms with Crippen LogP contribution in [-0.2, 0) is 4.79 Å². The summed E-state index contributed by atoms with van der Waals surface area (Å²) in [7, 11) is 1.56. The van der Waals surface area contributed by atoms with Gasteiger partial charge in [-0.15, -0.1) is 0 Å². The third-order valence-electron chi connectivity index (χ3n) is 4.73. The van der Waals surface area contributed by atoms with Crippen LogP contribution in [0.2, 0.25) is 0 Å². The predicted octanol–water partition coefficient (Wildman–Crippen LogP) is 3.22. The molecule has 27 heavy (non-hydrogen) atoms. The fraction of sp³-hybridized carbons (Fsp3) is 0.368. The van der Waals surface area contributed by atoms with E-state index in [0.29, 0.717) is 35.8 Å². The molecule has 1 unspecified atom stereocenters. The number of aromatic nitrogens is 1. The fourth-order valence-corrected chi connectivity index (χ4v) is 3.33. The molecule has 8 nitrogen and oxygen atoms in total. The maximum Gasteiger partial charge on any atom is 0.290 e. The average molecular weight is 370 g/mol. The third kappa shape index (κ3) is 3.84. The van der Waals surface area contributed by atoms with Gasteiger partial charge in [0.15, 0.2) is 0 Å². The van der Waals surface area contributed by atoms with E-state index in [4.69, 9.17) is 4.74 Å². The summed E-state index contributed by atoms with van der Waals surface area (Å²) in [6.07, 6.45) is 2.79. The second kappa shape index (κ2) is 7.61. The van der Waals surface area contributed by atoms with Crippen molar-refractivity contribution in [3.63, 3.8) is 0 Å². The summed E-state index contributed by atoms with van der Waals surface area (Å²) in [6.45, 7) is 4.29. The summed E-state index contributed by atoms with van der Waals surface area (Å²) < 4.78 is 5.32. The number of nitrogens with zero attached hydrogens (tertiary/aromatic N) is 3. The number of rotatable bonds is 5. The number of benzene rings is 1. The van der Waals surface area contributed by atoms with Crippen LogP contribution >= 0.6 is 0 Å². The number of carbonyl (C=O) groups excluding carboxylic acids is 1. The Hall–Kier alpha value is -3.16. The maximum absolute atomic E-state index is 12.9. The predicted molar refractivity (Wildman–Crippen MR) is 102 cm³/mol. The molecular weight excluding hydrogens is 348 g/mol. The number of carbonyl (C=O) groups is 1. The highest BCUT2D eigenvalue weighted by molar-refractivity contribution is 5.98. The van der Waals surface area contributed by atoms with Crippen molar-refractivity contribution < 1.29 is 14.5 Å². The van der Waals surface area contributed by atoms with Crippen molar-refractivity contribution in [1.29, 1.82) is 0 Å². The van der Waals surface area contributed by atoms with E-state index >= 15 is 0 Å². The highest BCUT2D eigenvalue weighted by Gasteiger charge is 2.32. The number of nitro groups is 1. The van der Waals surface area contributed by atoms with Gasteiger partial charge >= 0.3 is 0 Å². The van der Waals surface area contributed by atoms with Crippen molar-refractivity contribution in [2.75, 3.05) is 23.9 Å². The summed E-state index contributed by atoms with van der Waals surface area (Å²) in [5.41, 5.74) is 2.14. The Bertz CT molecular complexity index is 884. The minimum Gasteiger partial charge on any atom is -0.495 e. The van der Waals surface area contributed by atoms with Crippen LogP contribution in [0.4, 0.5) is 17.2 Å². The Morgan fingerprint density at radius 1 is 1.37 bits per heavy atom. The molecule has 3 rings (SSSR count). The van der Waals surface area contributed by atoms with Crippen molar-refractivity contribution in [1.82, 2.24) is 4.98 Å². The summed E-state index contributed by atoms with van der Waals surface area (Å²) in [5, 5.41) is 13.9. The molecule has 1 aromatic heterocycles. The van der Waals surface area contributed by atoms with Crippen molar-refractivity contribution in [2.24, 2.45) is 0 Å². The monoisotopic (exact) mass is 370 g/mol. The van der Waals surface area contributed by atoms with Gasteiger partial charge < -0.3 is 15.0 Å². The first kappa shape index (κ1) is 18.6. The zero-order valence-electron chi connectivity index (χ0n) is 15.6. The lowest BCUT2D eigenvalue weighted by Gasteiger charge is -2.25. The van der Waals surface area contributed by atoms with E-state index in [9.17, 15) is 14.9 Å². The maximum atomic E-state index is 12.9. The fourth-order valence-electron chi connectivity index (χ4n) is 3.33. The zero-order valence-corrected chi connectivity index (χ0v) is 15.6. The molecule has 0 radical (unpaired) electrons. The van der Waals surface area contributed by atoms with Crippen molar-refractivity contribution in [3.05, 3.63) is 51.7 Å². The molecule has 0 spiro atoms. The van der Waals surface area contributed by atoms with Crippen LogP contribution < -0.4 is 15.0 Å². The second-order valence-corrected chi connectivity index (χ2v) is 6.63. The average Bonchev–Trinajstić information content (AvgIpc) is 3.11. The molecule has 1 aliphatic rings. The molecule has 142 valence electrons. The number of pyridine rings is 1. The van der Waals surface area contributed by atoms with E-state index in [0.717, 1.165) is 12.0 Å². The van der Waals surface area contributed by atoms with E-state index in [1.807, 2.05) is 30.0 Å². The first-order valence-electron chi connectivity index (χ1n) is 8.74. The lowest BCUT2D eigenvalue weighted by molar-refractivity contribution is -0.385. The molecule has 2 heterocycles. The number of methoxy groups -OCH3 is 1. The van der Waals surface area contributed by atoms with Crippen LogP contribution in [0.1, 0.15) is 24.0 Å². The van der Waals surface area contributed by atoms with E-state index in [1.54, 1.807) is 20.1 Å². The second-order valence-electron chi connectivity index (χ2n) is 6.63. The molecule has 0 aliphatic carbocycles. The van der Waals surface area contributed by atoms with Crippen LogP contribution in [0.3, 0.4) is 0 Å². The molecule has 1 aliphatic heterocycles. The summed E-state index contributed by atoms with van der Waals surface area (Å²) in [5.74, 6) is 1.03. The smallest absolute Gasteiger partial charge is 0.290 e. The van der Waals surface area contributed by atoms with E-state index in [2.05, 4.69) is 10.3 Å². The molecule has 1 fully saturated rings. The molecule has 1 aromatic carbocycles. The van der Waals surface area contributed by atoms with E-state index < -0.39 is 4.92 Å². The molecule has 1 atom stereocenters. The van der Waals surface area contributed by atoms with Crippen LogP contribution in [-0.4, -0.2) is 35.5 Å². The number of nitrogens with one attached hydrogen (secondary N) is 1. The Morgan fingerprint density at radius 3 is 2.81 bits per heavy atom. The Morgan fingerprint density at radius 2 is 2.15 bits per heavy atom. The lowest BCUT2D eigenvalue weighted by atomic mass is 10.1. The first-order valence-corrected chi connectivity index (χ1v) is 8.74. The van der Waals surface area contributed by atoms with Gasteiger partial charge in [0.2, 0.25) is 5.91 Å².